The molecular formula is C28H30ClFN6O. The fraction of sp³-hybridized carbons (Fsp3) is 0.357. The summed E-state index contributed by atoms with van der Waals surface area (Å²) in [5.74, 6) is 1.54. The summed E-state index contributed by atoms with van der Waals surface area (Å²) in [7, 11) is 0. The number of aryl methyl sites for hydroxylation is 1. The van der Waals surface area contributed by atoms with E-state index in [-0.39, 0.29) is 17.6 Å². The number of hydrogen-bond acceptors (Lipinski definition) is 5. The zero-order valence-electron chi connectivity index (χ0n) is 21.3. The van der Waals surface area contributed by atoms with Gasteiger partial charge in [-0.15, -0.1) is 11.6 Å². The summed E-state index contributed by atoms with van der Waals surface area (Å²) < 4.78 is 15.4. The maximum Gasteiger partial charge on any atom is 0.229 e. The first kappa shape index (κ1) is 25.1. The molecule has 0 atom stereocenters. The minimum Gasteiger partial charge on any atom is -0.352 e. The van der Waals surface area contributed by atoms with E-state index in [2.05, 4.69) is 17.0 Å². The monoisotopic (exact) mass is 520 g/mol. The highest BCUT2D eigenvalue weighted by Crippen LogP contribution is 2.31. The predicted molar refractivity (Wildman–Crippen MR) is 144 cm³/mol. The van der Waals surface area contributed by atoms with Crippen LogP contribution in [0.25, 0.3) is 16.7 Å². The summed E-state index contributed by atoms with van der Waals surface area (Å²) in [5, 5.41) is 5.63. The van der Waals surface area contributed by atoms with Crippen molar-refractivity contribution in [3.63, 3.8) is 0 Å². The van der Waals surface area contributed by atoms with E-state index in [0.717, 1.165) is 28.1 Å². The first-order chi connectivity index (χ1) is 17.8. The Morgan fingerprint density at radius 3 is 2.32 bits per heavy atom. The summed E-state index contributed by atoms with van der Waals surface area (Å²) in [5.41, 5.74) is 2.72. The lowest BCUT2D eigenvalue weighted by Crippen LogP contribution is -2.52. The number of piperazine rings is 1. The molecule has 0 spiro atoms. The van der Waals surface area contributed by atoms with Gasteiger partial charge in [0.25, 0.3) is 0 Å². The zero-order valence-corrected chi connectivity index (χ0v) is 22.0. The largest absolute Gasteiger partial charge is 0.352 e. The molecule has 0 radical (unpaired) electrons. The van der Waals surface area contributed by atoms with Crippen LogP contribution < -0.4 is 4.90 Å². The number of rotatable bonds is 6. The molecule has 1 amide bonds. The summed E-state index contributed by atoms with van der Waals surface area (Å²) >= 11 is 6.06. The molecule has 0 N–H and O–H groups in total. The first-order valence-corrected chi connectivity index (χ1v) is 13.0. The van der Waals surface area contributed by atoms with Crippen molar-refractivity contribution < 1.29 is 9.18 Å². The van der Waals surface area contributed by atoms with E-state index in [4.69, 9.17) is 26.7 Å². The highest BCUT2D eigenvalue weighted by Gasteiger charge is 2.34. The fourth-order valence-corrected chi connectivity index (χ4v) is 4.78. The number of halogens is 2. The summed E-state index contributed by atoms with van der Waals surface area (Å²) in [6.45, 7) is 8.16. The molecule has 1 fully saturated rings. The maximum absolute atomic E-state index is 13.6. The van der Waals surface area contributed by atoms with Gasteiger partial charge >= 0.3 is 0 Å². The predicted octanol–water partition coefficient (Wildman–Crippen LogP) is 4.77. The third kappa shape index (κ3) is 5.03. The SMILES string of the molecule is Cc1nn(-c2ccc(F)cc2)c2nc(Cc3ccccc3)nc(N3CCN(C(=O)C(C)(C)CCl)CC3)c12. The third-order valence-electron chi connectivity index (χ3n) is 6.79. The van der Waals surface area contributed by atoms with Crippen molar-refractivity contribution in [1.82, 2.24) is 24.6 Å². The van der Waals surface area contributed by atoms with Crippen molar-refractivity contribution in [3.8, 4) is 5.69 Å². The van der Waals surface area contributed by atoms with Crippen LogP contribution in [-0.4, -0.2) is 62.6 Å². The Morgan fingerprint density at radius 1 is 1.00 bits per heavy atom. The minimum absolute atomic E-state index is 0.0695. The van der Waals surface area contributed by atoms with Crippen molar-refractivity contribution >= 4 is 34.4 Å². The molecule has 3 heterocycles. The van der Waals surface area contributed by atoms with Crippen LogP contribution >= 0.6 is 11.6 Å². The van der Waals surface area contributed by atoms with Gasteiger partial charge in [0.05, 0.1) is 22.2 Å². The lowest BCUT2D eigenvalue weighted by Gasteiger charge is -2.38. The van der Waals surface area contributed by atoms with E-state index < -0.39 is 5.41 Å². The highest BCUT2D eigenvalue weighted by atomic mass is 35.5. The van der Waals surface area contributed by atoms with Crippen molar-refractivity contribution in [3.05, 3.63) is 77.5 Å². The van der Waals surface area contributed by atoms with Gasteiger partial charge in [-0.1, -0.05) is 30.3 Å². The fourth-order valence-electron chi connectivity index (χ4n) is 4.66. The van der Waals surface area contributed by atoms with Crippen LogP contribution in [0.1, 0.15) is 30.9 Å². The Kier molecular flexibility index (Phi) is 6.86. The Balaban J connectivity index is 1.54. The van der Waals surface area contributed by atoms with Crippen molar-refractivity contribution in [2.45, 2.75) is 27.2 Å². The third-order valence-corrected chi connectivity index (χ3v) is 7.45. The molecule has 192 valence electrons. The Labute approximate surface area is 220 Å². The smallest absolute Gasteiger partial charge is 0.229 e. The minimum atomic E-state index is -0.596. The average molecular weight is 521 g/mol. The molecule has 0 saturated carbocycles. The molecule has 2 aromatic carbocycles. The molecule has 0 bridgehead atoms. The van der Waals surface area contributed by atoms with Gasteiger partial charge in [-0.2, -0.15) is 5.10 Å². The lowest BCUT2D eigenvalue weighted by atomic mass is 9.94. The van der Waals surface area contributed by atoms with Gasteiger partial charge in [-0.05, 0) is 50.6 Å². The van der Waals surface area contributed by atoms with Gasteiger partial charge in [-0.3, -0.25) is 4.79 Å². The normalized spacial score (nSPS) is 14.4. The first-order valence-electron chi connectivity index (χ1n) is 12.4. The number of benzene rings is 2. The standard InChI is InChI=1S/C28H30ClFN6O/c1-19-24-25(34-13-15-35(16-14-34)27(37)28(2,3)18-29)31-23(17-20-7-5-4-6-8-20)32-26(24)36(33-19)22-11-9-21(30)10-12-22/h4-12H,13-18H2,1-3H3. The molecular weight excluding hydrogens is 491 g/mol. The number of aromatic nitrogens is 4. The molecule has 9 heteroatoms. The molecule has 0 aliphatic carbocycles. The van der Waals surface area contributed by atoms with Gasteiger partial charge in [-0.25, -0.2) is 19.0 Å². The second-order valence-corrected chi connectivity index (χ2v) is 10.4. The zero-order chi connectivity index (χ0) is 26.2. The van der Waals surface area contributed by atoms with E-state index in [1.165, 1.54) is 12.1 Å². The van der Waals surface area contributed by atoms with Gasteiger partial charge < -0.3 is 9.80 Å². The van der Waals surface area contributed by atoms with Gasteiger partial charge in [0.1, 0.15) is 17.5 Å². The van der Waals surface area contributed by atoms with Crippen molar-refractivity contribution in [2.24, 2.45) is 5.41 Å². The second-order valence-electron chi connectivity index (χ2n) is 10.1. The molecule has 7 nitrogen and oxygen atoms in total. The Hall–Kier alpha value is -3.52. The van der Waals surface area contributed by atoms with Crippen LogP contribution in [0, 0.1) is 18.2 Å². The quantitative estimate of drug-likeness (QED) is 0.343. The van der Waals surface area contributed by atoms with Crippen LogP contribution in [-0.2, 0) is 11.2 Å². The summed E-state index contributed by atoms with van der Waals surface area (Å²) in [6.07, 6.45) is 0.569. The molecule has 0 unspecified atom stereocenters. The maximum atomic E-state index is 13.6. The number of carbonyl (C=O) groups excluding carboxylic acids is 1. The van der Waals surface area contributed by atoms with E-state index in [9.17, 15) is 9.18 Å². The average Bonchev–Trinajstić information content (AvgIpc) is 3.25. The molecule has 1 aliphatic rings. The number of alkyl halides is 1. The van der Waals surface area contributed by atoms with Crippen LogP contribution in [0.3, 0.4) is 0 Å². The molecule has 1 saturated heterocycles. The number of amides is 1. The molecule has 5 rings (SSSR count). The van der Waals surface area contributed by atoms with Crippen molar-refractivity contribution in [1.29, 1.82) is 0 Å². The topological polar surface area (TPSA) is 67.2 Å². The Morgan fingerprint density at radius 2 is 1.68 bits per heavy atom. The molecule has 2 aromatic heterocycles. The van der Waals surface area contributed by atoms with Gasteiger partial charge in [0, 0.05) is 38.5 Å². The van der Waals surface area contributed by atoms with Crippen LogP contribution in [0.4, 0.5) is 10.2 Å². The molecule has 1 aliphatic heterocycles. The van der Waals surface area contributed by atoms with E-state index >= 15 is 0 Å². The summed E-state index contributed by atoms with van der Waals surface area (Å²) in [6, 6.07) is 16.3. The molecule has 4 aromatic rings. The number of hydrogen-bond donors (Lipinski definition) is 0. The summed E-state index contributed by atoms with van der Waals surface area (Å²) in [4.78, 5) is 27.0. The lowest BCUT2D eigenvalue weighted by molar-refractivity contribution is -0.139. The van der Waals surface area contributed by atoms with E-state index in [1.807, 2.05) is 43.9 Å². The second kappa shape index (κ2) is 10.1. The Bertz CT molecular complexity index is 1410. The molecule has 37 heavy (non-hydrogen) atoms. The highest BCUT2D eigenvalue weighted by molar-refractivity contribution is 6.19. The van der Waals surface area contributed by atoms with E-state index in [0.29, 0.717) is 44.1 Å². The van der Waals surface area contributed by atoms with Crippen LogP contribution in [0.15, 0.2) is 54.6 Å². The van der Waals surface area contributed by atoms with Crippen molar-refractivity contribution in [2.75, 3.05) is 37.0 Å². The van der Waals surface area contributed by atoms with Crippen LogP contribution in [0.5, 0.6) is 0 Å². The number of fused-ring (bicyclic) bond motifs is 1. The number of carbonyl (C=O) groups is 1. The number of nitrogens with zero attached hydrogens (tertiary/aromatic N) is 6. The number of anilines is 1. The van der Waals surface area contributed by atoms with Crippen LogP contribution in [0.2, 0.25) is 0 Å². The van der Waals surface area contributed by atoms with Gasteiger partial charge in [0.15, 0.2) is 5.65 Å². The van der Waals surface area contributed by atoms with E-state index in [1.54, 1.807) is 16.8 Å². The van der Waals surface area contributed by atoms with Gasteiger partial charge in [0.2, 0.25) is 5.91 Å².